The molecule has 0 amide bonds. The molecule has 0 aromatic heterocycles. The Hall–Kier alpha value is -3.12. The van der Waals surface area contributed by atoms with Crippen molar-refractivity contribution in [3.05, 3.63) is 105 Å². The topological polar surface area (TPSA) is 0 Å². The van der Waals surface area contributed by atoms with Crippen molar-refractivity contribution >= 4 is 0 Å². The van der Waals surface area contributed by atoms with Gasteiger partial charge in [-0.3, -0.25) is 0 Å². The Morgan fingerprint density at radius 2 is 0.562 bits per heavy atom. The lowest BCUT2D eigenvalue weighted by atomic mass is 9.84. The summed E-state index contributed by atoms with van der Waals surface area (Å²) in [6.07, 6.45) is 0. The molecule has 0 saturated heterocycles. The van der Waals surface area contributed by atoms with Gasteiger partial charge in [-0.1, -0.05) is 60.7 Å². The van der Waals surface area contributed by atoms with Crippen LogP contribution in [-0.4, -0.2) is 0 Å². The number of hydrogen-bond acceptors (Lipinski definition) is 0. The van der Waals surface area contributed by atoms with E-state index in [1.165, 1.54) is 77.9 Å². The number of hydrogen-bond donors (Lipinski definition) is 0. The summed E-state index contributed by atoms with van der Waals surface area (Å²) in [5, 5.41) is 0. The highest BCUT2D eigenvalue weighted by atomic mass is 14.2. The van der Waals surface area contributed by atoms with Crippen molar-refractivity contribution in [2.75, 3.05) is 0 Å². The third kappa shape index (κ3) is 4.02. The van der Waals surface area contributed by atoms with Gasteiger partial charge in [0.15, 0.2) is 0 Å². The predicted octanol–water partition coefficient (Wildman–Crippen LogP) is 9.15. The molecule has 4 rings (SSSR count). The van der Waals surface area contributed by atoms with Gasteiger partial charge in [0.25, 0.3) is 0 Å². The Balaban J connectivity index is 2.05. The molecule has 0 heteroatoms. The van der Waals surface area contributed by atoms with Crippen molar-refractivity contribution in [1.82, 2.24) is 0 Å². The van der Waals surface area contributed by atoms with Gasteiger partial charge in [0, 0.05) is 0 Å². The van der Waals surface area contributed by atoms with E-state index in [1.54, 1.807) is 0 Å². The molecule has 0 heterocycles. The fourth-order valence-electron chi connectivity index (χ4n) is 4.37. The molecule has 0 spiro atoms. The molecule has 0 N–H and O–H groups in total. The van der Waals surface area contributed by atoms with Gasteiger partial charge in [-0.05, 0) is 133 Å². The molecule has 0 fully saturated rings. The van der Waals surface area contributed by atoms with E-state index in [0.717, 1.165) is 0 Å². The molecule has 4 aromatic rings. The lowest BCUT2D eigenvalue weighted by Crippen LogP contribution is -1.96. The third-order valence-electron chi connectivity index (χ3n) is 7.19. The van der Waals surface area contributed by atoms with E-state index in [0.29, 0.717) is 0 Å². The first-order valence-electron chi connectivity index (χ1n) is 11.5. The Morgan fingerprint density at radius 3 is 0.875 bits per heavy atom. The van der Waals surface area contributed by atoms with Gasteiger partial charge in [-0.25, -0.2) is 0 Å². The van der Waals surface area contributed by atoms with Crippen LogP contribution in [-0.2, 0) is 0 Å². The maximum atomic E-state index is 2.38. The molecule has 162 valence electrons. The summed E-state index contributed by atoms with van der Waals surface area (Å²) in [7, 11) is 0. The van der Waals surface area contributed by atoms with E-state index >= 15 is 0 Å². The summed E-state index contributed by atoms with van der Waals surface area (Å²) in [6, 6.07) is 23.2. The van der Waals surface area contributed by atoms with E-state index in [4.69, 9.17) is 0 Å². The van der Waals surface area contributed by atoms with Gasteiger partial charge < -0.3 is 0 Å². The molecule has 0 atom stereocenters. The minimum atomic E-state index is 1.29. The summed E-state index contributed by atoms with van der Waals surface area (Å²) in [5.41, 5.74) is 18.5. The van der Waals surface area contributed by atoms with Gasteiger partial charge >= 0.3 is 0 Å². The van der Waals surface area contributed by atoms with E-state index in [1.807, 2.05) is 0 Å². The molecule has 0 nitrogen and oxygen atoms in total. The van der Waals surface area contributed by atoms with Crippen LogP contribution >= 0.6 is 0 Å². The van der Waals surface area contributed by atoms with Gasteiger partial charge in [-0.2, -0.15) is 0 Å². The fraction of sp³-hybridized carbons (Fsp3) is 0.250. The minimum Gasteiger partial charge on any atom is -0.0584 e. The molecule has 4 aromatic carbocycles. The fourth-order valence-corrected chi connectivity index (χ4v) is 4.37. The van der Waals surface area contributed by atoms with Crippen molar-refractivity contribution in [1.29, 1.82) is 0 Å². The first-order chi connectivity index (χ1) is 15.2. The monoisotopic (exact) mass is 418 g/mol. The van der Waals surface area contributed by atoms with Crippen LogP contribution in [0, 0.1) is 55.4 Å². The average molecular weight is 419 g/mol. The maximum Gasteiger partial charge on any atom is -0.00962 e. The van der Waals surface area contributed by atoms with Crippen molar-refractivity contribution in [2.45, 2.75) is 55.4 Å². The van der Waals surface area contributed by atoms with E-state index in [-0.39, 0.29) is 0 Å². The molecule has 0 aliphatic heterocycles. The summed E-state index contributed by atoms with van der Waals surface area (Å²) in [5.74, 6) is 0. The molecule has 0 aliphatic carbocycles. The lowest BCUT2D eigenvalue weighted by Gasteiger charge is -2.20. The third-order valence-corrected chi connectivity index (χ3v) is 7.19. The van der Waals surface area contributed by atoms with Crippen LogP contribution in [0.4, 0.5) is 0 Å². The summed E-state index contributed by atoms with van der Waals surface area (Å²) in [6.45, 7) is 17.7. The van der Waals surface area contributed by atoms with Gasteiger partial charge in [0.1, 0.15) is 0 Å². The largest absolute Gasteiger partial charge is 0.0584 e. The van der Waals surface area contributed by atoms with E-state index < -0.39 is 0 Å². The molecule has 0 unspecified atom stereocenters. The SMILES string of the molecule is Cc1ccc(-c2cc(C)c(C)cc2-c2cc(C)c(C)cc2-c2ccc(C)c(C)c2)cc1C. The zero-order chi connectivity index (χ0) is 23.2. The lowest BCUT2D eigenvalue weighted by molar-refractivity contribution is 1.31. The summed E-state index contributed by atoms with van der Waals surface area (Å²) in [4.78, 5) is 0. The molecular formula is C32H34. The highest BCUT2D eigenvalue weighted by molar-refractivity contribution is 5.93. The molecule has 0 aliphatic rings. The molecule has 0 radical (unpaired) electrons. The van der Waals surface area contributed by atoms with Crippen LogP contribution < -0.4 is 0 Å². The van der Waals surface area contributed by atoms with Gasteiger partial charge in [0.05, 0.1) is 0 Å². The molecular weight excluding hydrogens is 384 g/mol. The van der Waals surface area contributed by atoms with Gasteiger partial charge in [0.2, 0.25) is 0 Å². The predicted molar refractivity (Wildman–Crippen MR) is 141 cm³/mol. The van der Waals surface area contributed by atoms with Crippen molar-refractivity contribution in [3.63, 3.8) is 0 Å². The number of benzene rings is 4. The van der Waals surface area contributed by atoms with E-state index in [9.17, 15) is 0 Å². The second kappa shape index (κ2) is 8.43. The second-order valence-electron chi connectivity index (χ2n) is 9.56. The maximum absolute atomic E-state index is 2.38. The Labute approximate surface area is 194 Å². The molecule has 0 saturated carbocycles. The first kappa shape index (κ1) is 22.1. The standard InChI is InChI=1S/C32H34/c1-19-9-11-27(13-21(19)3)29-15-23(5)25(7)17-31(29)32-18-26(8)24(6)16-30(32)28-12-10-20(2)22(4)14-28/h9-18H,1-8H3. The minimum absolute atomic E-state index is 1.29. The second-order valence-corrected chi connectivity index (χ2v) is 9.56. The normalized spacial score (nSPS) is 11.1. The van der Waals surface area contributed by atoms with Crippen molar-refractivity contribution in [3.8, 4) is 33.4 Å². The summed E-state index contributed by atoms with van der Waals surface area (Å²) < 4.78 is 0. The Kier molecular flexibility index (Phi) is 5.82. The van der Waals surface area contributed by atoms with Crippen LogP contribution in [0.5, 0.6) is 0 Å². The highest BCUT2D eigenvalue weighted by Crippen LogP contribution is 2.41. The van der Waals surface area contributed by atoms with Gasteiger partial charge in [-0.15, -0.1) is 0 Å². The smallest absolute Gasteiger partial charge is 0.00962 e. The number of aryl methyl sites for hydroxylation is 8. The van der Waals surface area contributed by atoms with Crippen molar-refractivity contribution < 1.29 is 0 Å². The zero-order valence-electron chi connectivity index (χ0n) is 20.8. The zero-order valence-corrected chi connectivity index (χ0v) is 20.8. The Bertz CT molecular complexity index is 1230. The Morgan fingerprint density at radius 1 is 0.281 bits per heavy atom. The molecule has 32 heavy (non-hydrogen) atoms. The van der Waals surface area contributed by atoms with Crippen molar-refractivity contribution in [2.24, 2.45) is 0 Å². The van der Waals surface area contributed by atoms with Crippen LogP contribution in [0.25, 0.3) is 33.4 Å². The number of rotatable bonds is 3. The van der Waals surface area contributed by atoms with Crippen LogP contribution in [0.1, 0.15) is 44.5 Å². The van der Waals surface area contributed by atoms with E-state index in [2.05, 4.69) is 116 Å². The average Bonchev–Trinajstić information content (AvgIpc) is 2.75. The first-order valence-corrected chi connectivity index (χ1v) is 11.5. The molecule has 0 bridgehead atoms. The van der Waals surface area contributed by atoms with Crippen LogP contribution in [0.3, 0.4) is 0 Å². The highest BCUT2D eigenvalue weighted by Gasteiger charge is 2.16. The van der Waals surface area contributed by atoms with Crippen LogP contribution in [0.2, 0.25) is 0 Å². The van der Waals surface area contributed by atoms with Crippen LogP contribution in [0.15, 0.2) is 60.7 Å². The quantitative estimate of drug-likeness (QED) is 0.311. The summed E-state index contributed by atoms with van der Waals surface area (Å²) >= 11 is 0.